The van der Waals surface area contributed by atoms with Gasteiger partial charge in [-0.25, -0.2) is 8.42 Å². The first-order chi connectivity index (χ1) is 14.7. The van der Waals surface area contributed by atoms with Crippen molar-refractivity contribution in [2.75, 3.05) is 17.7 Å². The first-order valence-corrected chi connectivity index (χ1v) is 11.3. The second-order valence-electron chi connectivity index (χ2n) is 7.03. The minimum atomic E-state index is -3.74. The minimum absolute atomic E-state index is 0.0300. The van der Waals surface area contributed by atoms with E-state index in [4.69, 9.17) is 9.26 Å². The Kier molecular flexibility index (Phi) is 6.59. The lowest BCUT2D eigenvalue weighted by atomic mass is 10.1. The molecule has 164 valence electrons. The molecule has 0 spiro atoms. The van der Waals surface area contributed by atoms with Gasteiger partial charge in [0.2, 0.25) is 27.6 Å². The summed E-state index contributed by atoms with van der Waals surface area (Å²) in [4.78, 5) is 17.0. The number of benzene rings is 2. The summed E-state index contributed by atoms with van der Waals surface area (Å²) >= 11 is 0. The Morgan fingerprint density at radius 1 is 1.23 bits per heavy atom. The Morgan fingerprint density at radius 3 is 2.58 bits per heavy atom. The molecule has 1 amide bonds. The summed E-state index contributed by atoms with van der Waals surface area (Å²) < 4.78 is 36.2. The van der Waals surface area contributed by atoms with Crippen molar-refractivity contribution in [3.63, 3.8) is 0 Å². The Balaban J connectivity index is 1.72. The predicted molar refractivity (Wildman–Crippen MR) is 116 cm³/mol. The van der Waals surface area contributed by atoms with Crippen LogP contribution in [-0.2, 0) is 21.4 Å². The zero-order valence-corrected chi connectivity index (χ0v) is 18.5. The number of amides is 1. The van der Waals surface area contributed by atoms with Gasteiger partial charge in [-0.3, -0.25) is 9.10 Å². The smallest absolute Gasteiger partial charge is 0.246 e. The summed E-state index contributed by atoms with van der Waals surface area (Å²) in [5.74, 6) is 0.589. The number of aromatic nitrogens is 2. The number of carbonyl (C=O) groups excluding carboxylic acids is 1. The zero-order valence-electron chi connectivity index (χ0n) is 17.7. The van der Waals surface area contributed by atoms with Crippen LogP contribution in [0.5, 0.6) is 5.75 Å². The van der Waals surface area contributed by atoms with Crippen LogP contribution in [0, 0.1) is 6.92 Å². The van der Waals surface area contributed by atoms with E-state index in [1.54, 1.807) is 24.3 Å². The molecule has 1 atom stereocenters. The molecule has 0 saturated heterocycles. The third-order valence-corrected chi connectivity index (χ3v) is 5.83. The van der Waals surface area contributed by atoms with Gasteiger partial charge < -0.3 is 14.6 Å². The molecule has 0 aliphatic heterocycles. The lowest BCUT2D eigenvalue weighted by Crippen LogP contribution is -2.47. The number of rotatable bonds is 8. The van der Waals surface area contributed by atoms with Crippen LogP contribution in [0.1, 0.15) is 18.4 Å². The van der Waals surface area contributed by atoms with E-state index in [2.05, 4.69) is 15.5 Å². The van der Waals surface area contributed by atoms with Gasteiger partial charge in [-0.05, 0) is 26.0 Å². The monoisotopic (exact) mass is 444 g/mol. The lowest BCUT2D eigenvalue weighted by Gasteiger charge is -2.28. The summed E-state index contributed by atoms with van der Waals surface area (Å²) in [6.45, 7) is 3.45. The minimum Gasteiger partial charge on any atom is -0.497 e. The number of carbonyl (C=O) groups is 1. The molecule has 0 saturated carbocycles. The van der Waals surface area contributed by atoms with E-state index in [0.29, 0.717) is 17.3 Å². The molecule has 0 bridgehead atoms. The number of anilines is 1. The molecular weight excluding hydrogens is 420 g/mol. The summed E-state index contributed by atoms with van der Waals surface area (Å²) in [5.41, 5.74) is 2.23. The van der Waals surface area contributed by atoms with Crippen LogP contribution in [0.2, 0.25) is 0 Å². The number of hydrogen-bond donors (Lipinski definition) is 1. The average molecular weight is 445 g/mol. The fraction of sp³-hybridized carbons (Fsp3) is 0.286. The van der Waals surface area contributed by atoms with E-state index < -0.39 is 22.0 Å². The highest BCUT2D eigenvalue weighted by atomic mass is 32.2. The molecular formula is C21H24N4O5S. The van der Waals surface area contributed by atoms with E-state index in [1.165, 1.54) is 14.0 Å². The van der Waals surface area contributed by atoms with Crippen LogP contribution < -0.4 is 14.4 Å². The molecule has 1 heterocycles. The molecule has 1 aromatic heterocycles. The number of aryl methyl sites for hydroxylation is 1. The summed E-state index contributed by atoms with van der Waals surface area (Å²) in [5, 5.41) is 6.57. The molecule has 0 fully saturated rings. The molecule has 1 unspecified atom stereocenters. The second kappa shape index (κ2) is 9.17. The van der Waals surface area contributed by atoms with Gasteiger partial charge in [-0.15, -0.1) is 0 Å². The van der Waals surface area contributed by atoms with Crippen molar-refractivity contribution in [3.8, 4) is 17.1 Å². The topological polar surface area (TPSA) is 115 Å². The van der Waals surface area contributed by atoms with Crippen molar-refractivity contribution < 1.29 is 22.5 Å². The second-order valence-corrected chi connectivity index (χ2v) is 8.89. The maximum Gasteiger partial charge on any atom is 0.246 e. The number of nitrogens with zero attached hydrogens (tertiary/aromatic N) is 3. The molecule has 3 aromatic rings. The van der Waals surface area contributed by atoms with Crippen molar-refractivity contribution in [2.24, 2.45) is 0 Å². The fourth-order valence-corrected chi connectivity index (χ4v) is 4.18. The number of sulfonamides is 1. The van der Waals surface area contributed by atoms with Gasteiger partial charge in [0, 0.05) is 11.6 Å². The van der Waals surface area contributed by atoms with Gasteiger partial charge in [0.25, 0.3) is 0 Å². The van der Waals surface area contributed by atoms with Crippen LogP contribution in [0.3, 0.4) is 0 Å². The third kappa shape index (κ3) is 5.40. The summed E-state index contributed by atoms with van der Waals surface area (Å²) in [7, 11) is -2.26. The van der Waals surface area contributed by atoms with Gasteiger partial charge >= 0.3 is 0 Å². The average Bonchev–Trinajstić information content (AvgIpc) is 3.20. The third-order valence-electron chi connectivity index (χ3n) is 4.59. The lowest BCUT2D eigenvalue weighted by molar-refractivity contribution is -0.122. The van der Waals surface area contributed by atoms with Crippen molar-refractivity contribution in [3.05, 3.63) is 60.0 Å². The maximum absolute atomic E-state index is 12.7. The highest BCUT2D eigenvalue weighted by molar-refractivity contribution is 7.92. The van der Waals surface area contributed by atoms with Crippen molar-refractivity contribution >= 4 is 21.6 Å². The van der Waals surface area contributed by atoms with Crippen LogP contribution in [0.4, 0.5) is 5.69 Å². The molecule has 0 aliphatic carbocycles. The van der Waals surface area contributed by atoms with Crippen molar-refractivity contribution in [1.29, 1.82) is 0 Å². The highest BCUT2D eigenvalue weighted by Crippen LogP contribution is 2.25. The molecule has 0 aliphatic rings. The molecule has 3 rings (SSSR count). The van der Waals surface area contributed by atoms with E-state index in [1.807, 2.05) is 31.2 Å². The van der Waals surface area contributed by atoms with Gasteiger partial charge in [0.1, 0.15) is 11.8 Å². The number of methoxy groups -OCH3 is 1. The Hall–Kier alpha value is -3.40. The van der Waals surface area contributed by atoms with Crippen LogP contribution in [-0.4, -0.2) is 43.9 Å². The summed E-state index contributed by atoms with van der Waals surface area (Å²) in [6, 6.07) is 13.1. The van der Waals surface area contributed by atoms with Crippen molar-refractivity contribution in [1.82, 2.24) is 15.5 Å². The summed E-state index contributed by atoms with van der Waals surface area (Å²) in [6.07, 6.45) is 1.04. The van der Waals surface area contributed by atoms with Gasteiger partial charge in [-0.2, -0.15) is 4.98 Å². The maximum atomic E-state index is 12.7. The highest BCUT2D eigenvalue weighted by Gasteiger charge is 2.29. The molecule has 0 radical (unpaired) electrons. The standard InChI is InChI=1S/C21H24N4O5S/c1-14-8-10-16(11-9-14)20-23-19(30-24-20)13-22-21(26)15(2)25(31(4,27)28)17-6-5-7-18(12-17)29-3/h5-12,15H,13H2,1-4H3,(H,22,26). The molecule has 9 nitrogen and oxygen atoms in total. The number of hydrogen-bond acceptors (Lipinski definition) is 7. The van der Waals surface area contributed by atoms with Gasteiger partial charge in [-0.1, -0.05) is 41.1 Å². The molecule has 2 aromatic carbocycles. The van der Waals surface area contributed by atoms with Crippen LogP contribution in [0.15, 0.2) is 53.1 Å². The SMILES string of the molecule is COc1cccc(N(C(C)C(=O)NCc2nc(-c3ccc(C)cc3)no2)S(C)(=O)=O)c1. The van der Waals surface area contributed by atoms with Crippen LogP contribution >= 0.6 is 0 Å². The van der Waals surface area contributed by atoms with E-state index in [-0.39, 0.29) is 12.4 Å². The largest absolute Gasteiger partial charge is 0.497 e. The molecule has 31 heavy (non-hydrogen) atoms. The Labute approximate surface area is 181 Å². The first-order valence-electron chi connectivity index (χ1n) is 9.50. The van der Waals surface area contributed by atoms with E-state index in [0.717, 1.165) is 21.7 Å². The van der Waals surface area contributed by atoms with E-state index >= 15 is 0 Å². The first kappa shape index (κ1) is 22.3. The Bertz CT molecular complexity index is 1160. The van der Waals surface area contributed by atoms with Gasteiger partial charge in [0.05, 0.1) is 25.6 Å². The quantitative estimate of drug-likeness (QED) is 0.568. The number of ether oxygens (including phenoxy) is 1. The van der Waals surface area contributed by atoms with Crippen molar-refractivity contribution in [2.45, 2.75) is 26.4 Å². The predicted octanol–water partition coefficient (Wildman–Crippen LogP) is 2.52. The Morgan fingerprint density at radius 2 is 1.94 bits per heavy atom. The number of nitrogens with one attached hydrogen (secondary N) is 1. The zero-order chi connectivity index (χ0) is 22.6. The van der Waals surface area contributed by atoms with E-state index in [9.17, 15) is 13.2 Å². The van der Waals surface area contributed by atoms with Gasteiger partial charge in [0.15, 0.2) is 0 Å². The van der Waals surface area contributed by atoms with Crippen LogP contribution in [0.25, 0.3) is 11.4 Å². The molecule has 1 N–H and O–H groups in total. The molecule has 10 heteroatoms. The fourth-order valence-electron chi connectivity index (χ4n) is 3.01. The normalized spacial score (nSPS) is 12.3.